The molecule has 29 heavy (non-hydrogen) atoms. The van der Waals surface area contributed by atoms with Gasteiger partial charge in [-0.05, 0) is 32.8 Å². The lowest BCUT2D eigenvalue weighted by molar-refractivity contribution is -0.116. The highest BCUT2D eigenvalue weighted by molar-refractivity contribution is 6.09. The molecule has 2 heterocycles. The Bertz CT molecular complexity index is 1020. The Hall–Kier alpha value is -2.51. The minimum atomic E-state index is -0.944. The lowest BCUT2D eigenvalue weighted by Gasteiger charge is -2.20. The quantitative estimate of drug-likeness (QED) is 0.601. The Balaban J connectivity index is 2.24. The van der Waals surface area contributed by atoms with E-state index in [0.717, 1.165) is 16.4 Å². The van der Waals surface area contributed by atoms with Crippen LogP contribution in [-0.2, 0) is 22.7 Å². The highest BCUT2D eigenvalue weighted by atomic mass is 16.5. The van der Waals surface area contributed by atoms with Gasteiger partial charge < -0.3 is 19.7 Å². The van der Waals surface area contributed by atoms with Gasteiger partial charge in [-0.2, -0.15) is 0 Å². The number of hydrogen-bond acceptors (Lipinski definition) is 5. The SMILES string of the molecule is CCOCc1nc2c(NC(=O)CC(C)C)nc3ccccc3c2n1CC(C)(C)O. The summed E-state index contributed by atoms with van der Waals surface area (Å²) in [5.41, 5.74) is 1.27. The number of imidazole rings is 1. The van der Waals surface area contributed by atoms with Crippen LogP contribution >= 0.6 is 0 Å². The molecule has 0 saturated heterocycles. The second-order valence-corrected chi connectivity index (χ2v) is 8.38. The smallest absolute Gasteiger partial charge is 0.225 e. The third kappa shape index (κ3) is 4.92. The summed E-state index contributed by atoms with van der Waals surface area (Å²) in [6.45, 7) is 10.7. The van der Waals surface area contributed by atoms with Gasteiger partial charge in [0.1, 0.15) is 17.9 Å². The molecular weight excluding hydrogens is 368 g/mol. The van der Waals surface area contributed by atoms with E-state index in [4.69, 9.17) is 9.72 Å². The molecule has 0 aliphatic heterocycles. The second-order valence-electron chi connectivity index (χ2n) is 8.38. The van der Waals surface area contributed by atoms with Crippen molar-refractivity contribution in [1.29, 1.82) is 0 Å². The van der Waals surface area contributed by atoms with Gasteiger partial charge in [0.05, 0.1) is 23.2 Å². The topological polar surface area (TPSA) is 89.3 Å². The monoisotopic (exact) mass is 398 g/mol. The lowest BCUT2D eigenvalue weighted by atomic mass is 10.1. The largest absolute Gasteiger partial charge is 0.389 e. The molecule has 0 radical (unpaired) electrons. The van der Waals surface area contributed by atoms with Crippen molar-refractivity contribution in [2.75, 3.05) is 11.9 Å². The maximum absolute atomic E-state index is 12.4. The van der Waals surface area contributed by atoms with Crippen LogP contribution in [0.1, 0.15) is 46.9 Å². The van der Waals surface area contributed by atoms with Crippen molar-refractivity contribution in [3.63, 3.8) is 0 Å². The molecule has 0 saturated carbocycles. The molecule has 0 fully saturated rings. The van der Waals surface area contributed by atoms with Gasteiger partial charge >= 0.3 is 0 Å². The second kappa shape index (κ2) is 8.47. The molecule has 2 N–H and O–H groups in total. The van der Waals surface area contributed by atoms with Crippen molar-refractivity contribution in [2.24, 2.45) is 5.92 Å². The Labute approximate surface area is 171 Å². The summed E-state index contributed by atoms with van der Waals surface area (Å²) in [4.78, 5) is 21.9. The summed E-state index contributed by atoms with van der Waals surface area (Å²) in [7, 11) is 0. The normalized spacial score (nSPS) is 12.2. The van der Waals surface area contributed by atoms with Gasteiger partial charge in [0.15, 0.2) is 5.82 Å². The molecule has 0 spiro atoms. The first-order valence-corrected chi connectivity index (χ1v) is 10.1. The predicted molar refractivity (Wildman–Crippen MR) is 115 cm³/mol. The van der Waals surface area contributed by atoms with Gasteiger partial charge in [0.25, 0.3) is 0 Å². The molecule has 0 aliphatic carbocycles. The van der Waals surface area contributed by atoms with Crippen LogP contribution in [0, 0.1) is 5.92 Å². The fourth-order valence-corrected chi connectivity index (χ4v) is 3.38. The molecule has 7 nitrogen and oxygen atoms in total. The van der Waals surface area contributed by atoms with E-state index in [1.165, 1.54) is 0 Å². The highest BCUT2D eigenvalue weighted by Crippen LogP contribution is 2.31. The van der Waals surface area contributed by atoms with Gasteiger partial charge in [-0.25, -0.2) is 9.97 Å². The van der Waals surface area contributed by atoms with Crippen molar-refractivity contribution in [2.45, 2.75) is 59.8 Å². The number of fused-ring (bicyclic) bond motifs is 3. The minimum absolute atomic E-state index is 0.0903. The summed E-state index contributed by atoms with van der Waals surface area (Å²) in [5.74, 6) is 1.29. The van der Waals surface area contributed by atoms with E-state index < -0.39 is 5.60 Å². The number of pyridine rings is 1. The van der Waals surface area contributed by atoms with E-state index in [1.807, 2.05) is 49.6 Å². The zero-order chi connectivity index (χ0) is 21.2. The van der Waals surface area contributed by atoms with Crippen LogP contribution < -0.4 is 5.32 Å². The minimum Gasteiger partial charge on any atom is -0.389 e. The Morgan fingerprint density at radius 3 is 2.66 bits per heavy atom. The summed E-state index contributed by atoms with van der Waals surface area (Å²) in [5, 5.41) is 14.4. The fourth-order valence-electron chi connectivity index (χ4n) is 3.38. The number of rotatable bonds is 8. The zero-order valence-corrected chi connectivity index (χ0v) is 17.8. The standard InChI is InChI=1S/C22H30N4O3/c1-6-29-12-17-24-19-20(26(17)13-22(4,5)28)15-9-7-8-10-16(15)23-21(19)25-18(27)11-14(2)3/h7-10,14,28H,6,11-13H2,1-5H3,(H,23,25,27). The molecule has 1 aromatic carbocycles. The van der Waals surface area contributed by atoms with Crippen molar-refractivity contribution in [3.8, 4) is 0 Å². The van der Waals surface area contributed by atoms with Crippen LogP contribution in [-0.4, -0.2) is 37.8 Å². The van der Waals surface area contributed by atoms with Crippen LogP contribution in [0.3, 0.4) is 0 Å². The Morgan fingerprint density at radius 1 is 1.28 bits per heavy atom. The maximum atomic E-state index is 12.4. The van der Waals surface area contributed by atoms with Gasteiger partial charge in [0, 0.05) is 18.4 Å². The highest BCUT2D eigenvalue weighted by Gasteiger charge is 2.23. The summed E-state index contributed by atoms with van der Waals surface area (Å²) < 4.78 is 7.60. The number of para-hydroxylation sites is 1. The third-order valence-electron chi connectivity index (χ3n) is 4.49. The predicted octanol–water partition coefficient (Wildman–Crippen LogP) is 3.88. The van der Waals surface area contributed by atoms with Gasteiger partial charge in [0.2, 0.25) is 5.91 Å². The molecular formula is C22H30N4O3. The molecule has 0 unspecified atom stereocenters. The number of amides is 1. The summed E-state index contributed by atoms with van der Waals surface area (Å²) in [6.07, 6.45) is 0.409. The number of aliphatic hydroxyl groups is 1. The molecule has 156 valence electrons. The van der Waals surface area contributed by atoms with E-state index in [0.29, 0.717) is 43.3 Å². The van der Waals surface area contributed by atoms with E-state index >= 15 is 0 Å². The van der Waals surface area contributed by atoms with E-state index in [1.54, 1.807) is 13.8 Å². The van der Waals surface area contributed by atoms with E-state index in [-0.39, 0.29) is 11.8 Å². The number of nitrogens with zero attached hydrogens (tertiary/aromatic N) is 3. The molecule has 0 atom stereocenters. The van der Waals surface area contributed by atoms with Crippen LogP contribution in [0.4, 0.5) is 5.82 Å². The molecule has 1 amide bonds. The average molecular weight is 399 g/mol. The first-order valence-electron chi connectivity index (χ1n) is 10.1. The maximum Gasteiger partial charge on any atom is 0.225 e. The fraction of sp³-hybridized carbons (Fsp3) is 0.500. The van der Waals surface area contributed by atoms with Crippen molar-refractivity contribution < 1.29 is 14.6 Å². The summed E-state index contributed by atoms with van der Waals surface area (Å²) in [6, 6.07) is 7.76. The number of carbonyl (C=O) groups is 1. The number of carbonyl (C=O) groups excluding carboxylic acids is 1. The molecule has 3 aromatic rings. The average Bonchev–Trinajstić information content (AvgIpc) is 2.96. The first-order chi connectivity index (χ1) is 13.7. The van der Waals surface area contributed by atoms with Crippen LogP contribution in [0.5, 0.6) is 0 Å². The Kier molecular flexibility index (Phi) is 6.19. The van der Waals surface area contributed by atoms with E-state index in [9.17, 15) is 9.90 Å². The Morgan fingerprint density at radius 2 is 2.00 bits per heavy atom. The molecule has 0 bridgehead atoms. The van der Waals surface area contributed by atoms with Crippen LogP contribution in [0.2, 0.25) is 0 Å². The summed E-state index contributed by atoms with van der Waals surface area (Å²) >= 11 is 0. The lowest BCUT2D eigenvalue weighted by Crippen LogP contribution is -2.27. The molecule has 2 aromatic heterocycles. The van der Waals surface area contributed by atoms with Gasteiger partial charge in [-0.3, -0.25) is 4.79 Å². The number of hydrogen-bond donors (Lipinski definition) is 2. The van der Waals surface area contributed by atoms with Crippen molar-refractivity contribution in [3.05, 3.63) is 30.1 Å². The molecule has 0 aliphatic rings. The molecule has 7 heteroatoms. The number of aromatic nitrogens is 3. The van der Waals surface area contributed by atoms with Crippen molar-refractivity contribution in [1.82, 2.24) is 14.5 Å². The number of ether oxygens (including phenoxy) is 1. The zero-order valence-electron chi connectivity index (χ0n) is 17.8. The van der Waals surface area contributed by atoms with Crippen LogP contribution in [0.15, 0.2) is 24.3 Å². The van der Waals surface area contributed by atoms with Crippen LogP contribution in [0.25, 0.3) is 21.9 Å². The van der Waals surface area contributed by atoms with E-state index in [2.05, 4.69) is 10.3 Å². The number of nitrogens with one attached hydrogen (secondary N) is 1. The third-order valence-corrected chi connectivity index (χ3v) is 4.49. The van der Waals surface area contributed by atoms with Gasteiger partial charge in [-0.1, -0.05) is 32.0 Å². The van der Waals surface area contributed by atoms with Gasteiger partial charge in [-0.15, -0.1) is 0 Å². The molecule has 3 rings (SSSR count). The van der Waals surface area contributed by atoms with Crippen molar-refractivity contribution >= 4 is 33.7 Å². The number of benzene rings is 1. The first kappa shape index (κ1) is 21.2. The number of anilines is 1.